The summed E-state index contributed by atoms with van der Waals surface area (Å²) in [6.45, 7) is 8.01. The van der Waals surface area contributed by atoms with Crippen LogP contribution in [0.2, 0.25) is 0 Å². The molecule has 3 aromatic heterocycles. The first-order valence-corrected chi connectivity index (χ1v) is 17.0. The molecule has 1 amide bonds. The van der Waals surface area contributed by atoms with Gasteiger partial charge in [-0.15, -0.1) is 0 Å². The lowest BCUT2D eigenvalue weighted by molar-refractivity contribution is 0.0930. The number of carbonyl (C=O) groups is 1. The fraction of sp³-hybridized carbons (Fsp3) is 0.0909. The lowest BCUT2D eigenvalue weighted by atomic mass is 9.77. The minimum Gasteiger partial charge on any atom is -0.343 e. The van der Waals surface area contributed by atoms with Gasteiger partial charge in [0.15, 0.2) is 5.82 Å². The van der Waals surface area contributed by atoms with E-state index in [1.54, 1.807) is 12.4 Å². The Hall–Kier alpha value is -6.60. The lowest BCUT2D eigenvalue weighted by Crippen LogP contribution is -2.38. The van der Waals surface area contributed by atoms with E-state index >= 15 is 0 Å². The summed E-state index contributed by atoms with van der Waals surface area (Å²) in [6.07, 6.45) is 3.56. The molecule has 0 saturated heterocycles. The smallest absolute Gasteiger partial charge is 0.287 e. The van der Waals surface area contributed by atoms with Gasteiger partial charge in [-0.2, -0.15) is 5.10 Å². The third kappa shape index (κ3) is 5.59. The molecule has 0 fully saturated rings. The molecule has 0 spiro atoms. The van der Waals surface area contributed by atoms with Crippen molar-refractivity contribution >= 4 is 33.4 Å². The second-order valence-corrected chi connectivity index (χ2v) is 12.9. The number of H-pyrrole nitrogens is 1. The van der Waals surface area contributed by atoms with E-state index < -0.39 is 5.54 Å². The summed E-state index contributed by atoms with van der Waals surface area (Å²) < 4.78 is 2.13. The highest BCUT2D eigenvalue weighted by Crippen LogP contribution is 2.44. The number of imidazole rings is 1. The van der Waals surface area contributed by atoms with Gasteiger partial charge < -0.3 is 10.3 Å². The Morgan fingerprint density at radius 1 is 0.784 bits per heavy atom. The number of hydrogen-bond acceptors (Lipinski definition) is 4. The topological polar surface area (TPSA) is 88.5 Å². The van der Waals surface area contributed by atoms with Crippen molar-refractivity contribution in [2.75, 3.05) is 0 Å². The molecule has 0 aliphatic rings. The summed E-state index contributed by atoms with van der Waals surface area (Å²) in [5, 5.41) is 9.51. The van der Waals surface area contributed by atoms with Crippen LogP contribution in [0.25, 0.3) is 38.8 Å². The highest BCUT2D eigenvalue weighted by atomic mass is 16.2. The van der Waals surface area contributed by atoms with Crippen LogP contribution in [0, 0.1) is 0 Å². The maximum absolute atomic E-state index is 13.7. The number of pyridine rings is 1. The van der Waals surface area contributed by atoms with Crippen molar-refractivity contribution in [1.82, 2.24) is 30.0 Å². The third-order valence-electron chi connectivity index (χ3n) is 9.57. The molecule has 8 rings (SSSR count). The summed E-state index contributed by atoms with van der Waals surface area (Å²) >= 11 is 0. The zero-order valence-corrected chi connectivity index (χ0v) is 28.4. The van der Waals surface area contributed by atoms with Gasteiger partial charge in [0, 0.05) is 23.3 Å². The zero-order chi connectivity index (χ0) is 35.0. The van der Waals surface area contributed by atoms with Crippen molar-refractivity contribution in [3.05, 3.63) is 192 Å². The molecule has 0 saturated carbocycles. The summed E-state index contributed by atoms with van der Waals surface area (Å²) in [6, 6.07) is 47.3. The molecule has 1 unspecified atom stereocenters. The van der Waals surface area contributed by atoms with E-state index in [1.807, 2.05) is 68.4 Å². The van der Waals surface area contributed by atoms with E-state index in [-0.39, 0.29) is 17.8 Å². The van der Waals surface area contributed by atoms with E-state index in [0.29, 0.717) is 5.52 Å². The van der Waals surface area contributed by atoms with Gasteiger partial charge in [-0.05, 0) is 72.0 Å². The van der Waals surface area contributed by atoms with Gasteiger partial charge in [0.25, 0.3) is 5.91 Å². The Kier molecular flexibility index (Phi) is 8.08. The largest absolute Gasteiger partial charge is 0.343 e. The highest BCUT2D eigenvalue weighted by molar-refractivity contribution is 6.03. The predicted molar refractivity (Wildman–Crippen MR) is 204 cm³/mol. The summed E-state index contributed by atoms with van der Waals surface area (Å²) in [7, 11) is 0. The van der Waals surface area contributed by atoms with Gasteiger partial charge in [-0.25, -0.2) is 9.67 Å². The Balaban J connectivity index is 1.34. The molecule has 5 aromatic carbocycles. The fourth-order valence-electron chi connectivity index (χ4n) is 7.03. The zero-order valence-electron chi connectivity index (χ0n) is 28.4. The number of aromatic amines is 1. The average molecular weight is 665 g/mol. The van der Waals surface area contributed by atoms with E-state index in [0.717, 1.165) is 61.1 Å². The summed E-state index contributed by atoms with van der Waals surface area (Å²) in [5.41, 5.74) is 9.33. The lowest BCUT2D eigenvalue weighted by Gasteiger charge is -2.37. The molecule has 3 heterocycles. The van der Waals surface area contributed by atoms with Crippen LogP contribution in [0.4, 0.5) is 0 Å². The van der Waals surface area contributed by atoms with E-state index in [4.69, 9.17) is 10.1 Å². The number of nitrogens with one attached hydrogen (secondary N) is 2. The van der Waals surface area contributed by atoms with Crippen LogP contribution in [0.15, 0.2) is 158 Å². The van der Waals surface area contributed by atoms with Gasteiger partial charge in [0.05, 0.1) is 22.6 Å². The molecule has 0 radical (unpaired) electrons. The number of allylic oxidation sites excluding steroid dienone is 1. The molecule has 51 heavy (non-hydrogen) atoms. The van der Waals surface area contributed by atoms with Gasteiger partial charge in [0.1, 0.15) is 11.2 Å². The minimum absolute atomic E-state index is 0.237. The Morgan fingerprint density at radius 2 is 1.39 bits per heavy atom. The van der Waals surface area contributed by atoms with Gasteiger partial charge in [0.2, 0.25) is 0 Å². The maximum Gasteiger partial charge on any atom is 0.287 e. The molecule has 7 heteroatoms. The maximum atomic E-state index is 13.7. The molecule has 0 aliphatic carbocycles. The second kappa shape index (κ2) is 13.0. The number of benzene rings is 5. The molecule has 248 valence electrons. The first-order chi connectivity index (χ1) is 24.9. The van der Waals surface area contributed by atoms with Crippen LogP contribution in [-0.2, 0) is 5.54 Å². The summed E-state index contributed by atoms with van der Waals surface area (Å²) in [4.78, 5) is 26.1. The van der Waals surface area contributed by atoms with Crippen LogP contribution in [0.1, 0.15) is 58.3 Å². The van der Waals surface area contributed by atoms with Crippen molar-refractivity contribution < 1.29 is 4.79 Å². The number of fused-ring (bicyclic) bond motifs is 2. The molecule has 7 nitrogen and oxygen atoms in total. The Bertz CT molecular complexity index is 2410. The SMILES string of the molecule is C=C(C)c1cccc(C(C)NC(=O)c2nc3cc4c(-c5ccncc5)nn(C(c5ccccc5)(c5ccccc5)c5ccccc5)c4cc3[nH]2)c1. The second-order valence-electron chi connectivity index (χ2n) is 12.9. The fourth-order valence-corrected chi connectivity index (χ4v) is 7.03. The number of amides is 1. The van der Waals surface area contributed by atoms with Crippen LogP contribution in [0.5, 0.6) is 0 Å². The van der Waals surface area contributed by atoms with Crippen molar-refractivity contribution in [1.29, 1.82) is 0 Å². The number of rotatable bonds is 9. The Morgan fingerprint density at radius 3 is 1.98 bits per heavy atom. The standard InChI is InChI=1S/C44H36N6O/c1-29(2)32-14-13-15-33(26-32)30(3)46-43(51)42-47-38-27-37-40(28-39(38)48-42)50(49-41(37)31-22-24-45-25-23-31)44(34-16-7-4-8-17-34,35-18-9-5-10-19-35)36-20-11-6-12-21-36/h4-28,30H,1H2,2-3H3,(H,46,51)(H,47,48). The molecular weight excluding hydrogens is 629 g/mol. The van der Waals surface area contributed by atoms with Crippen molar-refractivity contribution in [3.63, 3.8) is 0 Å². The molecule has 1 atom stereocenters. The average Bonchev–Trinajstić information content (AvgIpc) is 3.77. The van der Waals surface area contributed by atoms with Gasteiger partial charge in [-0.3, -0.25) is 9.78 Å². The molecule has 8 aromatic rings. The number of nitrogens with zero attached hydrogens (tertiary/aromatic N) is 4. The first-order valence-electron chi connectivity index (χ1n) is 17.0. The molecule has 0 aliphatic heterocycles. The van der Waals surface area contributed by atoms with Gasteiger partial charge in [-0.1, -0.05) is 121 Å². The predicted octanol–water partition coefficient (Wildman–Crippen LogP) is 9.34. The first kappa shape index (κ1) is 31.7. The van der Waals surface area contributed by atoms with Crippen molar-refractivity contribution in [2.45, 2.75) is 25.4 Å². The van der Waals surface area contributed by atoms with E-state index in [9.17, 15) is 4.79 Å². The highest BCUT2D eigenvalue weighted by Gasteiger charge is 2.41. The van der Waals surface area contributed by atoms with Crippen molar-refractivity contribution in [3.8, 4) is 11.3 Å². The number of hydrogen-bond donors (Lipinski definition) is 2. The van der Waals surface area contributed by atoms with Crippen LogP contribution in [-0.4, -0.2) is 30.6 Å². The van der Waals surface area contributed by atoms with Crippen LogP contribution in [0.3, 0.4) is 0 Å². The normalized spacial score (nSPS) is 12.2. The monoisotopic (exact) mass is 664 g/mol. The molecule has 0 bridgehead atoms. The third-order valence-corrected chi connectivity index (χ3v) is 9.57. The quantitative estimate of drug-likeness (QED) is 0.151. The minimum atomic E-state index is -0.852. The Labute approximate surface area is 296 Å². The molecular formula is C44H36N6O. The number of carbonyl (C=O) groups excluding carboxylic acids is 1. The summed E-state index contributed by atoms with van der Waals surface area (Å²) in [5.74, 6) is -0.0439. The number of aromatic nitrogens is 5. The van der Waals surface area contributed by atoms with Crippen LogP contribution < -0.4 is 5.32 Å². The van der Waals surface area contributed by atoms with Crippen molar-refractivity contribution in [2.24, 2.45) is 0 Å². The van der Waals surface area contributed by atoms with Gasteiger partial charge >= 0.3 is 0 Å². The van der Waals surface area contributed by atoms with Crippen LogP contribution >= 0.6 is 0 Å². The van der Waals surface area contributed by atoms with E-state index in [2.05, 4.69) is 111 Å². The van der Waals surface area contributed by atoms with E-state index in [1.165, 1.54) is 0 Å². The molecule has 2 N–H and O–H groups in total.